The Morgan fingerprint density at radius 2 is 1.12 bits per heavy atom. The van der Waals surface area contributed by atoms with Gasteiger partial charge in [0, 0.05) is 5.38 Å². The molecule has 0 aromatic carbocycles. The monoisotopic (exact) mass is 378 g/mol. The van der Waals surface area contributed by atoms with Gasteiger partial charge in [-0.15, -0.1) is 24.2 Å². The summed E-state index contributed by atoms with van der Waals surface area (Å²) in [4.78, 5) is 0. The summed E-state index contributed by atoms with van der Waals surface area (Å²) in [5.74, 6) is 1.04. The summed E-state index contributed by atoms with van der Waals surface area (Å²) in [7, 11) is 0. The Hall–Kier alpha value is -0.940. The molecule has 0 aliphatic carbocycles. The van der Waals surface area contributed by atoms with Crippen LogP contribution in [0.25, 0.3) is 0 Å². The topological polar surface area (TPSA) is 9.23 Å². The van der Waals surface area contributed by atoms with Gasteiger partial charge in [-0.05, 0) is 17.9 Å². The summed E-state index contributed by atoms with van der Waals surface area (Å²) in [6, 6.07) is 2.05. The molecule has 0 amide bonds. The van der Waals surface area contributed by atoms with E-state index >= 15 is 0 Å². The van der Waals surface area contributed by atoms with Crippen LogP contribution in [0.3, 0.4) is 0 Å². The van der Waals surface area contributed by atoms with Crippen LogP contribution in [0.15, 0.2) is 16.8 Å². The molecule has 0 fully saturated rings. The van der Waals surface area contributed by atoms with E-state index in [1.165, 1.54) is 103 Å². The van der Waals surface area contributed by atoms with Crippen molar-refractivity contribution < 1.29 is 4.74 Å². The molecule has 26 heavy (non-hydrogen) atoms. The summed E-state index contributed by atoms with van der Waals surface area (Å²) in [6.07, 6.45) is 30.7. The van der Waals surface area contributed by atoms with E-state index in [1.54, 1.807) is 11.3 Å². The van der Waals surface area contributed by atoms with Crippen LogP contribution in [-0.4, -0.2) is 6.61 Å². The average molecular weight is 379 g/mol. The van der Waals surface area contributed by atoms with Crippen molar-refractivity contribution in [2.75, 3.05) is 6.61 Å². The Kier molecular flexibility index (Phi) is 21.3. The zero-order chi connectivity index (χ0) is 19.1. The summed E-state index contributed by atoms with van der Waals surface area (Å²) in [5, 5.41) is 4.15. The van der Waals surface area contributed by atoms with E-state index < -0.39 is 0 Å². The van der Waals surface area contributed by atoms with Crippen LogP contribution in [0.2, 0.25) is 0 Å². The van der Waals surface area contributed by atoms with Crippen molar-refractivity contribution in [3.8, 4) is 18.6 Å². The highest BCUT2D eigenvalue weighted by molar-refractivity contribution is 7.08. The minimum Gasteiger partial charge on any atom is -0.493 e. The number of thiophene rings is 1. The maximum Gasteiger partial charge on any atom is 0.129 e. The maximum absolute atomic E-state index is 5.68. The van der Waals surface area contributed by atoms with E-state index in [-0.39, 0.29) is 0 Å². The van der Waals surface area contributed by atoms with E-state index in [4.69, 9.17) is 4.74 Å². The maximum atomic E-state index is 5.68. The Labute approximate surface area is 167 Å². The fourth-order valence-electron chi connectivity index (χ4n) is 3.17. The SMILES string of the molecule is C#C.CCCCCCCCCCCCCCCCCCOc1ccsc1. The third kappa shape index (κ3) is 17.9. The standard InChI is InChI=1S/C22H40OS.C2H2/c1-2-3-4-5-6-7-8-9-10-11-12-13-14-15-16-17-19-23-22-18-20-24-21-22;1-2/h18,20-21H,2-17,19H2,1H3;1-2H. The van der Waals surface area contributed by atoms with Gasteiger partial charge in [0.25, 0.3) is 0 Å². The second-order valence-corrected chi connectivity index (χ2v) is 7.89. The second-order valence-electron chi connectivity index (χ2n) is 7.11. The number of rotatable bonds is 18. The quantitative estimate of drug-likeness (QED) is 0.183. The third-order valence-corrected chi connectivity index (χ3v) is 5.42. The first kappa shape index (κ1) is 25.1. The molecule has 1 heterocycles. The van der Waals surface area contributed by atoms with Crippen molar-refractivity contribution in [3.63, 3.8) is 0 Å². The minimum atomic E-state index is 0.884. The first-order valence-electron chi connectivity index (χ1n) is 10.9. The zero-order valence-electron chi connectivity index (χ0n) is 17.2. The Morgan fingerprint density at radius 1 is 0.692 bits per heavy atom. The van der Waals surface area contributed by atoms with Gasteiger partial charge in [-0.3, -0.25) is 0 Å². The summed E-state index contributed by atoms with van der Waals surface area (Å²) in [6.45, 7) is 3.18. The molecule has 1 aromatic heterocycles. The molecule has 0 spiro atoms. The molecule has 150 valence electrons. The highest BCUT2D eigenvalue weighted by Gasteiger charge is 1.96. The lowest BCUT2D eigenvalue weighted by atomic mass is 10.0. The van der Waals surface area contributed by atoms with Gasteiger partial charge in [0.1, 0.15) is 5.75 Å². The number of terminal acetylenes is 1. The minimum absolute atomic E-state index is 0.884. The van der Waals surface area contributed by atoms with E-state index in [9.17, 15) is 0 Å². The molecular formula is C24H42OS. The van der Waals surface area contributed by atoms with Crippen molar-refractivity contribution in [2.24, 2.45) is 0 Å². The van der Waals surface area contributed by atoms with Gasteiger partial charge in [0.2, 0.25) is 0 Å². The van der Waals surface area contributed by atoms with Crippen molar-refractivity contribution in [3.05, 3.63) is 16.8 Å². The number of ether oxygens (including phenoxy) is 1. The highest BCUT2D eigenvalue weighted by atomic mass is 32.1. The molecule has 2 heteroatoms. The Balaban J connectivity index is 0.00000301. The lowest BCUT2D eigenvalue weighted by Gasteiger charge is -2.04. The molecule has 1 nitrogen and oxygen atoms in total. The normalized spacial score (nSPS) is 10.3. The molecule has 0 unspecified atom stereocenters. The molecule has 1 rings (SSSR count). The summed E-state index contributed by atoms with van der Waals surface area (Å²) < 4.78 is 5.68. The molecule has 0 bridgehead atoms. The highest BCUT2D eigenvalue weighted by Crippen LogP contribution is 2.16. The van der Waals surface area contributed by atoms with Crippen molar-refractivity contribution in [2.45, 2.75) is 110 Å². The number of unbranched alkanes of at least 4 members (excludes halogenated alkanes) is 15. The zero-order valence-corrected chi connectivity index (χ0v) is 18.0. The molecule has 0 N–H and O–H groups in total. The van der Waals surface area contributed by atoms with Gasteiger partial charge in [0.15, 0.2) is 0 Å². The Bertz CT molecular complexity index is 369. The number of hydrogen-bond acceptors (Lipinski definition) is 2. The van der Waals surface area contributed by atoms with Crippen LogP contribution >= 0.6 is 11.3 Å². The van der Waals surface area contributed by atoms with E-state index in [1.807, 2.05) is 0 Å². The second kappa shape index (κ2) is 22.1. The molecule has 1 aromatic rings. The van der Waals surface area contributed by atoms with Crippen LogP contribution in [0.4, 0.5) is 0 Å². The van der Waals surface area contributed by atoms with Gasteiger partial charge in [-0.2, -0.15) is 0 Å². The van der Waals surface area contributed by atoms with Crippen molar-refractivity contribution in [1.29, 1.82) is 0 Å². The summed E-state index contributed by atoms with van der Waals surface area (Å²) in [5.41, 5.74) is 0. The lowest BCUT2D eigenvalue weighted by molar-refractivity contribution is 0.305. The first-order valence-corrected chi connectivity index (χ1v) is 11.9. The molecule has 0 atom stereocenters. The average Bonchev–Trinajstić information content (AvgIpc) is 3.19. The van der Waals surface area contributed by atoms with Crippen LogP contribution in [-0.2, 0) is 0 Å². The van der Waals surface area contributed by atoms with Gasteiger partial charge >= 0.3 is 0 Å². The van der Waals surface area contributed by atoms with Crippen molar-refractivity contribution >= 4 is 11.3 Å². The van der Waals surface area contributed by atoms with Gasteiger partial charge in [-0.25, -0.2) is 0 Å². The van der Waals surface area contributed by atoms with Crippen LogP contribution < -0.4 is 4.74 Å². The Morgan fingerprint density at radius 3 is 1.50 bits per heavy atom. The molecule has 0 aliphatic rings. The van der Waals surface area contributed by atoms with E-state index in [2.05, 4.69) is 36.6 Å². The fourth-order valence-corrected chi connectivity index (χ4v) is 3.75. The van der Waals surface area contributed by atoms with Gasteiger partial charge < -0.3 is 4.74 Å². The predicted octanol–water partition coefficient (Wildman–Crippen LogP) is 8.64. The summed E-state index contributed by atoms with van der Waals surface area (Å²) >= 11 is 1.70. The van der Waals surface area contributed by atoms with E-state index in [0.29, 0.717) is 0 Å². The fraction of sp³-hybridized carbons (Fsp3) is 0.750. The van der Waals surface area contributed by atoms with Crippen molar-refractivity contribution in [1.82, 2.24) is 0 Å². The predicted molar refractivity (Wildman–Crippen MR) is 119 cm³/mol. The molecular weight excluding hydrogens is 336 g/mol. The number of hydrogen-bond donors (Lipinski definition) is 0. The molecule has 0 saturated carbocycles. The first-order chi connectivity index (χ1) is 12.9. The van der Waals surface area contributed by atoms with Crippen LogP contribution in [0.5, 0.6) is 5.75 Å². The lowest BCUT2D eigenvalue weighted by Crippen LogP contribution is -1.95. The molecule has 0 radical (unpaired) electrons. The molecule has 0 saturated heterocycles. The van der Waals surface area contributed by atoms with Crippen LogP contribution in [0.1, 0.15) is 110 Å². The van der Waals surface area contributed by atoms with E-state index in [0.717, 1.165) is 12.4 Å². The third-order valence-electron chi connectivity index (χ3n) is 4.76. The van der Waals surface area contributed by atoms with Gasteiger partial charge in [-0.1, -0.05) is 103 Å². The van der Waals surface area contributed by atoms with Gasteiger partial charge in [0.05, 0.1) is 6.61 Å². The largest absolute Gasteiger partial charge is 0.493 e. The smallest absolute Gasteiger partial charge is 0.129 e. The van der Waals surface area contributed by atoms with Crippen LogP contribution in [0, 0.1) is 12.8 Å². The molecule has 0 aliphatic heterocycles.